The monoisotopic (exact) mass is 322 g/mol. The van der Waals surface area contributed by atoms with Crippen LogP contribution in [0.15, 0.2) is 42.5 Å². The van der Waals surface area contributed by atoms with Crippen molar-refractivity contribution in [3.63, 3.8) is 0 Å². The number of imidazole rings is 1. The Morgan fingerprint density at radius 1 is 1.14 bits per heavy atom. The van der Waals surface area contributed by atoms with Crippen molar-refractivity contribution in [2.45, 2.75) is 18.8 Å². The lowest BCUT2D eigenvalue weighted by Crippen LogP contribution is -2.05. The van der Waals surface area contributed by atoms with Gasteiger partial charge in [-0.1, -0.05) is 23.7 Å². The predicted octanol–water partition coefficient (Wildman–Crippen LogP) is 4.81. The lowest BCUT2D eigenvalue weighted by Gasteiger charge is -2.08. The Balaban J connectivity index is 1.92. The van der Waals surface area contributed by atoms with E-state index >= 15 is 0 Å². The Labute approximate surface area is 132 Å². The Kier molecular flexibility index (Phi) is 4.13. The van der Waals surface area contributed by atoms with E-state index in [0.717, 1.165) is 28.8 Å². The maximum absolute atomic E-state index is 13.2. The summed E-state index contributed by atoms with van der Waals surface area (Å²) in [4.78, 5) is 4.49. The van der Waals surface area contributed by atoms with Gasteiger partial charge in [-0.2, -0.15) is 0 Å². The molecule has 0 spiro atoms. The SMILES string of the molecule is Fc1cccc(CCn2c(CCl)nc3cc(Cl)ccc32)c1. The molecule has 0 fully saturated rings. The van der Waals surface area contributed by atoms with Gasteiger partial charge >= 0.3 is 0 Å². The standard InChI is InChI=1S/C16H13Cl2FN2/c17-10-16-20-14-9-12(18)4-5-15(14)21(16)7-6-11-2-1-3-13(19)8-11/h1-5,8-9H,6-7,10H2. The van der Waals surface area contributed by atoms with Crippen LogP contribution in [0.1, 0.15) is 11.4 Å². The molecule has 5 heteroatoms. The topological polar surface area (TPSA) is 17.8 Å². The van der Waals surface area contributed by atoms with Crippen molar-refractivity contribution in [3.05, 3.63) is 64.7 Å². The number of rotatable bonds is 4. The van der Waals surface area contributed by atoms with Crippen molar-refractivity contribution in [2.24, 2.45) is 0 Å². The molecular formula is C16H13Cl2FN2. The minimum absolute atomic E-state index is 0.215. The normalized spacial score (nSPS) is 11.2. The van der Waals surface area contributed by atoms with E-state index in [1.54, 1.807) is 12.1 Å². The summed E-state index contributed by atoms with van der Waals surface area (Å²) in [6.07, 6.45) is 0.718. The van der Waals surface area contributed by atoms with Crippen LogP contribution in [0, 0.1) is 5.82 Å². The van der Waals surface area contributed by atoms with Gasteiger partial charge in [-0.05, 0) is 42.3 Å². The van der Waals surface area contributed by atoms with E-state index in [1.807, 2.05) is 24.3 Å². The number of fused-ring (bicyclic) bond motifs is 1. The molecule has 3 rings (SSSR count). The zero-order valence-corrected chi connectivity index (χ0v) is 12.7. The smallest absolute Gasteiger partial charge is 0.124 e. The van der Waals surface area contributed by atoms with Crippen LogP contribution in [0.4, 0.5) is 4.39 Å². The van der Waals surface area contributed by atoms with Crippen LogP contribution in [0.5, 0.6) is 0 Å². The fraction of sp³-hybridized carbons (Fsp3) is 0.188. The zero-order chi connectivity index (χ0) is 14.8. The molecule has 1 aromatic heterocycles. The molecule has 2 nitrogen and oxygen atoms in total. The van der Waals surface area contributed by atoms with E-state index in [-0.39, 0.29) is 5.82 Å². The molecule has 0 amide bonds. The molecule has 0 saturated carbocycles. The molecule has 0 atom stereocenters. The Hall–Kier alpha value is -1.58. The second kappa shape index (κ2) is 6.04. The van der Waals surface area contributed by atoms with E-state index in [2.05, 4.69) is 9.55 Å². The Morgan fingerprint density at radius 2 is 2.00 bits per heavy atom. The minimum Gasteiger partial charge on any atom is -0.327 e. The van der Waals surface area contributed by atoms with Gasteiger partial charge in [-0.15, -0.1) is 11.6 Å². The predicted molar refractivity (Wildman–Crippen MR) is 84.4 cm³/mol. The van der Waals surface area contributed by atoms with Crippen LogP contribution in [-0.2, 0) is 18.8 Å². The summed E-state index contributed by atoms with van der Waals surface area (Å²) < 4.78 is 15.3. The highest BCUT2D eigenvalue weighted by atomic mass is 35.5. The first kappa shape index (κ1) is 14.4. The molecule has 0 aliphatic heterocycles. The van der Waals surface area contributed by atoms with Crippen molar-refractivity contribution >= 4 is 34.2 Å². The number of halogens is 3. The van der Waals surface area contributed by atoms with Crippen molar-refractivity contribution in [2.75, 3.05) is 0 Å². The summed E-state index contributed by atoms with van der Waals surface area (Å²) in [7, 11) is 0. The lowest BCUT2D eigenvalue weighted by atomic mass is 10.1. The number of benzene rings is 2. The summed E-state index contributed by atoms with van der Waals surface area (Å²) in [5, 5.41) is 0.651. The molecule has 0 radical (unpaired) electrons. The second-order valence-corrected chi connectivity index (χ2v) is 5.53. The van der Waals surface area contributed by atoms with Crippen molar-refractivity contribution in [3.8, 4) is 0 Å². The third kappa shape index (κ3) is 3.04. The van der Waals surface area contributed by atoms with Crippen LogP contribution in [-0.4, -0.2) is 9.55 Å². The van der Waals surface area contributed by atoms with E-state index in [0.29, 0.717) is 17.4 Å². The molecule has 0 saturated heterocycles. The molecular weight excluding hydrogens is 310 g/mol. The van der Waals surface area contributed by atoms with Crippen molar-refractivity contribution in [1.82, 2.24) is 9.55 Å². The highest BCUT2D eigenvalue weighted by Crippen LogP contribution is 2.22. The number of aromatic nitrogens is 2. The second-order valence-electron chi connectivity index (χ2n) is 4.83. The van der Waals surface area contributed by atoms with Crippen molar-refractivity contribution < 1.29 is 4.39 Å². The fourth-order valence-electron chi connectivity index (χ4n) is 2.44. The van der Waals surface area contributed by atoms with E-state index in [1.165, 1.54) is 6.07 Å². The highest BCUT2D eigenvalue weighted by Gasteiger charge is 2.10. The minimum atomic E-state index is -0.215. The number of aryl methyl sites for hydroxylation is 2. The van der Waals surface area contributed by atoms with Crippen LogP contribution in [0.2, 0.25) is 5.02 Å². The largest absolute Gasteiger partial charge is 0.327 e. The summed E-state index contributed by atoms with van der Waals surface area (Å²) >= 11 is 12.0. The quantitative estimate of drug-likeness (QED) is 0.630. The van der Waals surface area contributed by atoms with Gasteiger partial charge < -0.3 is 4.57 Å². The molecule has 108 valence electrons. The first-order valence-corrected chi connectivity index (χ1v) is 7.53. The van der Waals surface area contributed by atoms with E-state index in [9.17, 15) is 4.39 Å². The van der Waals surface area contributed by atoms with Crippen molar-refractivity contribution in [1.29, 1.82) is 0 Å². The van der Waals surface area contributed by atoms with Gasteiger partial charge in [-0.25, -0.2) is 9.37 Å². The highest BCUT2D eigenvalue weighted by molar-refractivity contribution is 6.31. The molecule has 0 unspecified atom stereocenters. The summed E-state index contributed by atoms with van der Waals surface area (Å²) in [5.41, 5.74) is 2.77. The van der Waals surface area contributed by atoms with Crippen LogP contribution >= 0.6 is 23.2 Å². The summed E-state index contributed by atoms with van der Waals surface area (Å²) in [5.74, 6) is 0.910. The zero-order valence-electron chi connectivity index (χ0n) is 11.2. The lowest BCUT2D eigenvalue weighted by molar-refractivity contribution is 0.621. The molecule has 21 heavy (non-hydrogen) atoms. The molecule has 0 bridgehead atoms. The maximum Gasteiger partial charge on any atom is 0.124 e. The van der Waals surface area contributed by atoms with Gasteiger partial charge in [0.15, 0.2) is 0 Å². The summed E-state index contributed by atoms with van der Waals surface area (Å²) in [6.45, 7) is 0.698. The number of nitrogens with zero attached hydrogens (tertiary/aromatic N) is 2. The Morgan fingerprint density at radius 3 is 2.76 bits per heavy atom. The molecule has 0 aliphatic rings. The van der Waals surface area contributed by atoms with Gasteiger partial charge in [0.25, 0.3) is 0 Å². The Bertz CT molecular complexity index is 783. The molecule has 0 aliphatic carbocycles. The van der Waals surface area contributed by atoms with E-state index < -0.39 is 0 Å². The van der Waals surface area contributed by atoms with Crippen LogP contribution < -0.4 is 0 Å². The van der Waals surface area contributed by atoms with Gasteiger partial charge in [0, 0.05) is 11.6 Å². The van der Waals surface area contributed by atoms with E-state index in [4.69, 9.17) is 23.2 Å². The van der Waals surface area contributed by atoms with Gasteiger partial charge in [0.2, 0.25) is 0 Å². The molecule has 0 N–H and O–H groups in total. The molecule has 2 aromatic carbocycles. The van der Waals surface area contributed by atoms with Gasteiger partial charge in [0.1, 0.15) is 11.6 Å². The van der Waals surface area contributed by atoms with Crippen LogP contribution in [0.3, 0.4) is 0 Å². The molecule has 3 aromatic rings. The number of hydrogen-bond donors (Lipinski definition) is 0. The molecule has 1 heterocycles. The third-order valence-electron chi connectivity index (χ3n) is 3.42. The van der Waals surface area contributed by atoms with Crippen LogP contribution in [0.25, 0.3) is 11.0 Å². The first-order valence-electron chi connectivity index (χ1n) is 6.62. The average Bonchev–Trinajstić information content (AvgIpc) is 2.82. The average molecular weight is 323 g/mol. The third-order valence-corrected chi connectivity index (χ3v) is 3.90. The fourth-order valence-corrected chi connectivity index (χ4v) is 2.81. The van der Waals surface area contributed by atoms with Gasteiger partial charge in [-0.3, -0.25) is 0 Å². The maximum atomic E-state index is 13.2. The first-order chi connectivity index (χ1) is 10.2. The number of hydrogen-bond acceptors (Lipinski definition) is 1. The van der Waals surface area contributed by atoms with Gasteiger partial charge in [0.05, 0.1) is 16.9 Å². The summed E-state index contributed by atoms with van der Waals surface area (Å²) in [6, 6.07) is 12.2. The number of alkyl halides is 1.